The number of halogens is 1. The third kappa shape index (κ3) is 3.80. The van der Waals surface area contributed by atoms with Crippen LogP contribution in [-0.4, -0.2) is 18.1 Å². The van der Waals surface area contributed by atoms with Crippen molar-refractivity contribution in [2.75, 3.05) is 13.1 Å². The number of likely N-dealkylation sites (N-methyl/N-ethyl adjacent to an activating group) is 1. The number of nitrogens with one attached hydrogen (secondary N) is 1. The third-order valence-electron chi connectivity index (χ3n) is 2.92. The molecule has 0 saturated carbocycles. The fourth-order valence-corrected chi connectivity index (χ4v) is 2.65. The maximum Gasteiger partial charge on any atom is 0.0794 e. The molecule has 18 heavy (non-hydrogen) atoms. The summed E-state index contributed by atoms with van der Waals surface area (Å²) >= 11 is 7.59. The number of benzene rings is 1. The Morgan fingerprint density at radius 3 is 2.72 bits per heavy atom. The lowest BCUT2D eigenvalue weighted by Crippen LogP contribution is -2.22. The summed E-state index contributed by atoms with van der Waals surface area (Å²) in [6.45, 7) is 4.08. The van der Waals surface area contributed by atoms with Gasteiger partial charge in [0.1, 0.15) is 0 Å². The van der Waals surface area contributed by atoms with Crippen molar-refractivity contribution in [2.24, 2.45) is 0 Å². The Labute approximate surface area is 117 Å². The minimum Gasteiger partial charge on any atom is -0.316 e. The van der Waals surface area contributed by atoms with E-state index in [-0.39, 0.29) is 0 Å². The first-order chi connectivity index (χ1) is 8.79. The number of nitrogens with zero attached hydrogens (tertiary/aromatic N) is 1. The van der Waals surface area contributed by atoms with Crippen LogP contribution in [0.3, 0.4) is 0 Å². The second kappa shape index (κ2) is 6.88. The zero-order valence-electron chi connectivity index (χ0n) is 10.4. The molecule has 0 radical (unpaired) electrons. The van der Waals surface area contributed by atoms with Gasteiger partial charge in [0, 0.05) is 22.9 Å². The van der Waals surface area contributed by atoms with E-state index in [4.69, 9.17) is 11.6 Å². The fourth-order valence-electron chi connectivity index (χ4n) is 1.95. The molecule has 2 nitrogen and oxygen atoms in total. The van der Waals surface area contributed by atoms with Gasteiger partial charge in [-0.25, -0.2) is 4.98 Å². The second-order valence-corrected chi connectivity index (χ2v) is 5.40. The Balaban J connectivity index is 2.11. The molecule has 1 N–H and O–H groups in total. The highest BCUT2D eigenvalue weighted by molar-refractivity contribution is 7.07. The maximum atomic E-state index is 5.94. The average Bonchev–Trinajstić information content (AvgIpc) is 2.88. The van der Waals surface area contributed by atoms with Crippen LogP contribution in [0.25, 0.3) is 0 Å². The van der Waals surface area contributed by atoms with Gasteiger partial charge in [-0.15, -0.1) is 11.3 Å². The van der Waals surface area contributed by atoms with Crippen molar-refractivity contribution in [3.8, 4) is 0 Å². The van der Waals surface area contributed by atoms with Crippen molar-refractivity contribution in [1.29, 1.82) is 0 Å². The minimum absolute atomic E-state index is 0.448. The summed E-state index contributed by atoms with van der Waals surface area (Å²) < 4.78 is 0. The van der Waals surface area contributed by atoms with Crippen LogP contribution < -0.4 is 5.32 Å². The molecule has 0 saturated heterocycles. The average molecular weight is 281 g/mol. The van der Waals surface area contributed by atoms with Crippen LogP contribution in [0, 0.1) is 0 Å². The van der Waals surface area contributed by atoms with Gasteiger partial charge in [0.05, 0.1) is 11.2 Å². The molecule has 96 valence electrons. The molecule has 1 heterocycles. The van der Waals surface area contributed by atoms with Crippen molar-refractivity contribution in [3.05, 3.63) is 51.4 Å². The van der Waals surface area contributed by atoms with Crippen molar-refractivity contribution in [2.45, 2.75) is 19.3 Å². The predicted molar refractivity (Wildman–Crippen MR) is 78.6 cm³/mol. The van der Waals surface area contributed by atoms with Crippen LogP contribution >= 0.6 is 22.9 Å². The van der Waals surface area contributed by atoms with Crippen LogP contribution in [0.2, 0.25) is 5.02 Å². The minimum atomic E-state index is 0.448. The number of aromatic nitrogens is 1. The van der Waals surface area contributed by atoms with Crippen molar-refractivity contribution >= 4 is 22.9 Å². The van der Waals surface area contributed by atoms with E-state index in [1.165, 1.54) is 5.56 Å². The lowest BCUT2D eigenvalue weighted by atomic mass is 9.94. The molecule has 2 rings (SSSR count). The SMILES string of the molecule is CCNCC(Cc1cscn1)c1ccc(Cl)cc1. The third-order valence-corrected chi connectivity index (χ3v) is 3.81. The van der Waals surface area contributed by atoms with E-state index in [2.05, 4.69) is 34.7 Å². The van der Waals surface area contributed by atoms with Gasteiger partial charge in [0.25, 0.3) is 0 Å². The van der Waals surface area contributed by atoms with Gasteiger partial charge in [-0.2, -0.15) is 0 Å². The van der Waals surface area contributed by atoms with E-state index in [0.717, 1.165) is 30.2 Å². The first-order valence-corrected chi connectivity index (χ1v) is 7.45. The number of thiazole rings is 1. The fraction of sp³-hybridized carbons (Fsp3) is 0.357. The van der Waals surface area contributed by atoms with Crippen LogP contribution in [0.4, 0.5) is 0 Å². The van der Waals surface area contributed by atoms with E-state index in [1.54, 1.807) is 11.3 Å². The molecule has 0 bridgehead atoms. The standard InChI is InChI=1S/C14H17ClN2S/c1-2-16-8-12(7-14-9-18-10-17-14)11-3-5-13(15)6-4-11/h3-6,9-10,12,16H,2,7-8H2,1H3. The molecule has 0 amide bonds. The molecule has 4 heteroatoms. The molecular formula is C14H17ClN2S. The topological polar surface area (TPSA) is 24.9 Å². The van der Waals surface area contributed by atoms with Crippen molar-refractivity contribution < 1.29 is 0 Å². The second-order valence-electron chi connectivity index (χ2n) is 4.24. The van der Waals surface area contributed by atoms with E-state index in [9.17, 15) is 0 Å². The summed E-state index contributed by atoms with van der Waals surface area (Å²) in [5, 5.41) is 6.32. The largest absolute Gasteiger partial charge is 0.316 e. The summed E-state index contributed by atoms with van der Waals surface area (Å²) in [4.78, 5) is 4.37. The van der Waals surface area contributed by atoms with Gasteiger partial charge in [0.15, 0.2) is 0 Å². The van der Waals surface area contributed by atoms with Crippen LogP contribution in [-0.2, 0) is 6.42 Å². The van der Waals surface area contributed by atoms with Gasteiger partial charge in [-0.05, 0) is 30.7 Å². The predicted octanol–water partition coefficient (Wildman–Crippen LogP) is 3.73. The molecule has 1 unspecified atom stereocenters. The Morgan fingerprint density at radius 2 is 2.11 bits per heavy atom. The highest BCUT2D eigenvalue weighted by Crippen LogP contribution is 2.22. The van der Waals surface area contributed by atoms with Crippen LogP contribution in [0.15, 0.2) is 35.2 Å². The lowest BCUT2D eigenvalue weighted by Gasteiger charge is -2.17. The lowest BCUT2D eigenvalue weighted by molar-refractivity contribution is 0.590. The Kier molecular flexibility index (Phi) is 5.17. The Hall–Kier alpha value is -0.900. The first kappa shape index (κ1) is 13.5. The van der Waals surface area contributed by atoms with E-state index < -0.39 is 0 Å². The summed E-state index contributed by atoms with van der Waals surface area (Å²) in [5.41, 5.74) is 4.37. The maximum absolute atomic E-state index is 5.94. The summed E-state index contributed by atoms with van der Waals surface area (Å²) in [7, 11) is 0. The number of hydrogen-bond donors (Lipinski definition) is 1. The molecule has 2 aromatic rings. The normalized spacial score (nSPS) is 12.6. The molecular weight excluding hydrogens is 264 g/mol. The summed E-state index contributed by atoms with van der Waals surface area (Å²) in [6, 6.07) is 8.13. The van der Waals surface area contributed by atoms with E-state index in [1.807, 2.05) is 17.6 Å². The Bertz CT molecular complexity index is 453. The molecule has 1 atom stereocenters. The monoisotopic (exact) mass is 280 g/mol. The van der Waals surface area contributed by atoms with Gasteiger partial charge in [0.2, 0.25) is 0 Å². The van der Waals surface area contributed by atoms with Gasteiger partial charge in [-0.3, -0.25) is 0 Å². The molecule has 0 aliphatic carbocycles. The highest BCUT2D eigenvalue weighted by Gasteiger charge is 2.13. The van der Waals surface area contributed by atoms with E-state index >= 15 is 0 Å². The molecule has 0 fully saturated rings. The number of hydrogen-bond acceptors (Lipinski definition) is 3. The molecule has 0 aliphatic heterocycles. The van der Waals surface area contributed by atoms with Crippen LogP contribution in [0.1, 0.15) is 24.1 Å². The highest BCUT2D eigenvalue weighted by atomic mass is 35.5. The van der Waals surface area contributed by atoms with Crippen molar-refractivity contribution in [1.82, 2.24) is 10.3 Å². The molecule has 0 spiro atoms. The zero-order chi connectivity index (χ0) is 12.8. The Morgan fingerprint density at radius 1 is 1.33 bits per heavy atom. The van der Waals surface area contributed by atoms with Gasteiger partial charge >= 0.3 is 0 Å². The smallest absolute Gasteiger partial charge is 0.0794 e. The van der Waals surface area contributed by atoms with Gasteiger partial charge < -0.3 is 5.32 Å². The molecule has 1 aromatic carbocycles. The van der Waals surface area contributed by atoms with Crippen molar-refractivity contribution in [3.63, 3.8) is 0 Å². The van der Waals surface area contributed by atoms with Crippen LogP contribution in [0.5, 0.6) is 0 Å². The summed E-state index contributed by atoms with van der Waals surface area (Å²) in [6.07, 6.45) is 0.970. The van der Waals surface area contributed by atoms with Gasteiger partial charge in [-0.1, -0.05) is 30.7 Å². The zero-order valence-corrected chi connectivity index (χ0v) is 12.0. The molecule has 1 aromatic heterocycles. The first-order valence-electron chi connectivity index (χ1n) is 6.13. The quantitative estimate of drug-likeness (QED) is 0.872. The number of rotatable bonds is 6. The molecule has 0 aliphatic rings. The summed E-state index contributed by atoms with van der Waals surface area (Å²) in [5.74, 6) is 0.448. The van der Waals surface area contributed by atoms with E-state index in [0.29, 0.717) is 5.92 Å².